The molecule has 3 rings (SSSR count). The van der Waals surface area contributed by atoms with Crippen LogP contribution in [0.4, 0.5) is 0 Å². The Balaban J connectivity index is 1.80. The third-order valence-electron chi connectivity index (χ3n) is 3.74. The minimum absolute atomic E-state index is 0.146. The molecule has 7 nitrogen and oxygen atoms in total. The maximum Gasteiger partial charge on any atom is 0.326 e. The molecule has 2 heterocycles. The molecule has 0 bridgehead atoms. The Bertz CT molecular complexity index is 903. The van der Waals surface area contributed by atoms with Crippen LogP contribution in [0.25, 0.3) is 10.9 Å². The van der Waals surface area contributed by atoms with Gasteiger partial charge in [-0.2, -0.15) is 0 Å². The maximum absolute atomic E-state index is 12.2. The molecule has 0 fully saturated rings. The molecule has 0 spiro atoms. The number of carbonyl (C=O) groups is 2. The van der Waals surface area contributed by atoms with Crippen LogP contribution in [-0.2, 0) is 11.2 Å². The number of aryl methyl sites for hydroxylation is 1. The summed E-state index contributed by atoms with van der Waals surface area (Å²) in [5.41, 5.74) is 2.54. The first kappa shape index (κ1) is 15.7. The van der Waals surface area contributed by atoms with E-state index in [9.17, 15) is 14.7 Å². The maximum atomic E-state index is 12.2. The molecule has 1 atom stereocenters. The predicted octanol–water partition coefficient (Wildman–Crippen LogP) is 1.69. The fourth-order valence-corrected chi connectivity index (χ4v) is 2.53. The largest absolute Gasteiger partial charge is 0.480 e. The van der Waals surface area contributed by atoms with E-state index in [4.69, 9.17) is 0 Å². The first-order chi connectivity index (χ1) is 11.5. The standard InChI is InChI=1S/C17H16N4O3/c1-10-6-14(20-9-19-10)16(22)21-15(17(23)24)7-11-8-18-13-5-3-2-4-12(11)13/h2-6,8-9,15,18H,7H2,1H3,(H,21,22)(H,23,24)/t15-/m1/s1. The minimum Gasteiger partial charge on any atom is -0.480 e. The lowest BCUT2D eigenvalue weighted by Crippen LogP contribution is -2.42. The van der Waals surface area contributed by atoms with E-state index in [0.717, 1.165) is 16.5 Å². The molecule has 1 aromatic carbocycles. The third-order valence-corrected chi connectivity index (χ3v) is 3.74. The number of nitrogens with one attached hydrogen (secondary N) is 2. The number of amides is 1. The number of nitrogens with zero attached hydrogens (tertiary/aromatic N) is 2. The van der Waals surface area contributed by atoms with E-state index < -0.39 is 17.9 Å². The van der Waals surface area contributed by atoms with Gasteiger partial charge in [0.25, 0.3) is 5.91 Å². The van der Waals surface area contributed by atoms with Gasteiger partial charge in [-0.3, -0.25) is 4.79 Å². The zero-order valence-electron chi connectivity index (χ0n) is 13.0. The summed E-state index contributed by atoms with van der Waals surface area (Å²) in [6.45, 7) is 1.74. The summed E-state index contributed by atoms with van der Waals surface area (Å²) in [5, 5.41) is 12.9. The summed E-state index contributed by atoms with van der Waals surface area (Å²) in [6, 6.07) is 8.08. The van der Waals surface area contributed by atoms with Gasteiger partial charge in [0.05, 0.1) is 0 Å². The molecule has 0 saturated carbocycles. The van der Waals surface area contributed by atoms with Crippen molar-refractivity contribution < 1.29 is 14.7 Å². The lowest BCUT2D eigenvalue weighted by atomic mass is 10.0. The Labute approximate surface area is 137 Å². The van der Waals surface area contributed by atoms with Gasteiger partial charge in [0.2, 0.25) is 0 Å². The van der Waals surface area contributed by atoms with E-state index in [1.54, 1.807) is 13.1 Å². The van der Waals surface area contributed by atoms with Crippen molar-refractivity contribution in [2.75, 3.05) is 0 Å². The second kappa shape index (κ2) is 6.49. The predicted molar refractivity (Wildman–Crippen MR) is 87.7 cm³/mol. The second-order valence-electron chi connectivity index (χ2n) is 5.47. The summed E-state index contributed by atoms with van der Waals surface area (Å²) in [7, 11) is 0. The van der Waals surface area contributed by atoms with Crippen LogP contribution in [0.15, 0.2) is 42.9 Å². The van der Waals surface area contributed by atoms with Gasteiger partial charge in [-0.15, -0.1) is 0 Å². The van der Waals surface area contributed by atoms with E-state index in [-0.39, 0.29) is 12.1 Å². The van der Waals surface area contributed by atoms with Crippen LogP contribution in [0, 0.1) is 6.92 Å². The van der Waals surface area contributed by atoms with Crippen molar-refractivity contribution in [1.29, 1.82) is 0 Å². The molecule has 0 aliphatic carbocycles. The number of carboxylic acids is 1. The molecule has 0 aliphatic heterocycles. The molecule has 2 aromatic heterocycles. The van der Waals surface area contributed by atoms with Gasteiger partial charge in [0, 0.05) is 29.2 Å². The van der Waals surface area contributed by atoms with Gasteiger partial charge in [0.15, 0.2) is 0 Å². The number of fused-ring (bicyclic) bond motifs is 1. The van der Waals surface area contributed by atoms with Crippen LogP contribution in [0.3, 0.4) is 0 Å². The van der Waals surface area contributed by atoms with Crippen LogP contribution in [0.5, 0.6) is 0 Å². The van der Waals surface area contributed by atoms with Gasteiger partial charge in [-0.1, -0.05) is 18.2 Å². The van der Waals surface area contributed by atoms with Gasteiger partial charge in [-0.05, 0) is 24.6 Å². The highest BCUT2D eigenvalue weighted by atomic mass is 16.4. The average Bonchev–Trinajstić information content (AvgIpc) is 2.97. The average molecular weight is 324 g/mol. The van der Waals surface area contributed by atoms with Gasteiger partial charge >= 0.3 is 5.97 Å². The highest BCUT2D eigenvalue weighted by Gasteiger charge is 2.23. The summed E-state index contributed by atoms with van der Waals surface area (Å²) in [6.07, 6.45) is 3.22. The second-order valence-corrected chi connectivity index (χ2v) is 5.47. The van der Waals surface area contributed by atoms with Crippen LogP contribution in [0.1, 0.15) is 21.7 Å². The van der Waals surface area contributed by atoms with Crippen molar-refractivity contribution in [2.45, 2.75) is 19.4 Å². The number of carbonyl (C=O) groups excluding carboxylic acids is 1. The fourth-order valence-electron chi connectivity index (χ4n) is 2.53. The zero-order chi connectivity index (χ0) is 17.1. The van der Waals surface area contributed by atoms with Gasteiger partial charge < -0.3 is 15.4 Å². The molecular weight excluding hydrogens is 308 g/mol. The molecule has 3 N–H and O–H groups in total. The number of H-pyrrole nitrogens is 1. The molecule has 7 heteroatoms. The summed E-state index contributed by atoms with van der Waals surface area (Å²) < 4.78 is 0. The van der Waals surface area contributed by atoms with E-state index in [2.05, 4.69) is 20.3 Å². The zero-order valence-corrected chi connectivity index (χ0v) is 13.0. The summed E-state index contributed by atoms with van der Waals surface area (Å²) >= 11 is 0. The Kier molecular flexibility index (Phi) is 4.24. The molecule has 0 radical (unpaired) electrons. The number of hydrogen-bond acceptors (Lipinski definition) is 4. The first-order valence-corrected chi connectivity index (χ1v) is 7.42. The van der Waals surface area contributed by atoms with Crippen LogP contribution >= 0.6 is 0 Å². The lowest BCUT2D eigenvalue weighted by Gasteiger charge is -2.14. The normalized spacial score (nSPS) is 12.0. The van der Waals surface area contributed by atoms with Crippen molar-refractivity contribution in [3.8, 4) is 0 Å². The van der Waals surface area contributed by atoms with Gasteiger partial charge in [-0.25, -0.2) is 14.8 Å². The third kappa shape index (κ3) is 3.24. The molecule has 3 aromatic rings. The highest BCUT2D eigenvalue weighted by molar-refractivity contribution is 5.95. The van der Waals surface area contributed by atoms with Crippen molar-refractivity contribution in [3.05, 3.63) is 59.8 Å². The molecule has 1 amide bonds. The van der Waals surface area contributed by atoms with E-state index >= 15 is 0 Å². The fraction of sp³-hybridized carbons (Fsp3) is 0.176. The molecule has 0 aliphatic rings. The Morgan fingerprint density at radius 2 is 2.08 bits per heavy atom. The number of para-hydroxylation sites is 1. The quantitative estimate of drug-likeness (QED) is 0.662. The van der Waals surface area contributed by atoms with E-state index in [1.807, 2.05) is 24.3 Å². The molecule has 0 saturated heterocycles. The highest BCUT2D eigenvalue weighted by Crippen LogP contribution is 2.19. The SMILES string of the molecule is Cc1cc(C(=O)N[C@H](Cc2c[nH]c3ccccc23)C(=O)O)ncn1. The topological polar surface area (TPSA) is 108 Å². The summed E-state index contributed by atoms with van der Waals surface area (Å²) in [5.74, 6) is -1.63. The number of aromatic amines is 1. The van der Waals surface area contributed by atoms with Crippen molar-refractivity contribution in [2.24, 2.45) is 0 Å². The molecule has 24 heavy (non-hydrogen) atoms. The van der Waals surface area contributed by atoms with E-state index in [1.165, 1.54) is 12.4 Å². The molecule has 122 valence electrons. The van der Waals surface area contributed by atoms with Crippen molar-refractivity contribution in [3.63, 3.8) is 0 Å². The van der Waals surface area contributed by atoms with Crippen LogP contribution in [-0.4, -0.2) is 38.0 Å². The first-order valence-electron chi connectivity index (χ1n) is 7.42. The lowest BCUT2D eigenvalue weighted by molar-refractivity contribution is -0.139. The Morgan fingerprint density at radius 1 is 1.29 bits per heavy atom. The van der Waals surface area contributed by atoms with Crippen LogP contribution < -0.4 is 5.32 Å². The van der Waals surface area contributed by atoms with Crippen LogP contribution in [0.2, 0.25) is 0 Å². The van der Waals surface area contributed by atoms with Gasteiger partial charge in [0.1, 0.15) is 18.1 Å². The number of hydrogen-bond donors (Lipinski definition) is 3. The molecular formula is C17H16N4O3. The van der Waals surface area contributed by atoms with Crippen molar-refractivity contribution >= 4 is 22.8 Å². The number of aliphatic carboxylic acids is 1. The number of benzene rings is 1. The molecule has 0 unspecified atom stereocenters. The minimum atomic E-state index is -1.10. The number of rotatable bonds is 5. The van der Waals surface area contributed by atoms with Crippen molar-refractivity contribution in [1.82, 2.24) is 20.3 Å². The Morgan fingerprint density at radius 3 is 2.83 bits per heavy atom. The monoisotopic (exact) mass is 324 g/mol. The van der Waals surface area contributed by atoms with E-state index in [0.29, 0.717) is 5.69 Å². The Hall–Kier alpha value is -3.22. The number of aromatic nitrogens is 3. The number of carboxylic acid groups (broad SMARTS) is 1. The summed E-state index contributed by atoms with van der Waals surface area (Å²) in [4.78, 5) is 34.7. The smallest absolute Gasteiger partial charge is 0.326 e.